The summed E-state index contributed by atoms with van der Waals surface area (Å²) in [7, 11) is 0. The number of benzene rings is 1. The number of rotatable bonds is 2. The van der Waals surface area contributed by atoms with Gasteiger partial charge in [-0.05, 0) is 11.6 Å². The molecule has 0 unspecified atom stereocenters. The summed E-state index contributed by atoms with van der Waals surface area (Å²) in [4.78, 5) is 15.5. The lowest BCUT2D eigenvalue weighted by molar-refractivity contribution is 1.18. The zero-order valence-electron chi connectivity index (χ0n) is 9.34. The summed E-state index contributed by atoms with van der Waals surface area (Å²) in [6.45, 7) is 0. The maximum absolute atomic E-state index is 4.26. The number of H-pyrrole nitrogens is 1. The maximum atomic E-state index is 4.26. The molecule has 5 heteroatoms. The first-order valence-electron chi connectivity index (χ1n) is 5.41. The zero-order valence-corrected chi connectivity index (χ0v) is 10.9. The molecule has 0 spiro atoms. The Kier molecular flexibility index (Phi) is 2.90. The Morgan fingerprint density at radius 2 is 1.94 bits per heavy atom. The molecule has 18 heavy (non-hydrogen) atoms. The first-order valence-corrected chi connectivity index (χ1v) is 6.20. The number of hydrogen-bond donors (Lipinski definition) is 1. The van der Waals surface area contributed by atoms with Gasteiger partial charge in [-0.2, -0.15) is 0 Å². The minimum Gasteiger partial charge on any atom is -0.341 e. The normalized spacial score (nSPS) is 11.9. The van der Waals surface area contributed by atoms with E-state index in [4.69, 9.17) is 0 Å². The van der Waals surface area contributed by atoms with Gasteiger partial charge in [0, 0.05) is 4.48 Å². The summed E-state index contributed by atoms with van der Waals surface area (Å²) in [5, 5.41) is 0. The SMILES string of the molecule is BrC(=Cc1ncnc2nc[nH]c12)c1ccccc1. The molecule has 3 aromatic rings. The highest BCUT2D eigenvalue weighted by molar-refractivity contribution is 9.15. The maximum Gasteiger partial charge on any atom is 0.181 e. The Labute approximate surface area is 112 Å². The van der Waals surface area contributed by atoms with E-state index in [1.807, 2.05) is 36.4 Å². The van der Waals surface area contributed by atoms with Gasteiger partial charge in [0.1, 0.15) is 11.8 Å². The predicted molar refractivity (Wildman–Crippen MR) is 74.9 cm³/mol. The van der Waals surface area contributed by atoms with E-state index in [-0.39, 0.29) is 0 Å². The van der Waals surface area contributed by atoms with Crippen molar-refractivity contribution in [2.45, 2.75) is 0 Å². The van der Waals surface area contributed by atoms with Gasteiger partial charge in [-0.1, -0.05) is 46.3 Å². The summed E-state index contributed by atoms with van der Waals surface area (Å²) < 4.78 is 0.970. The lowest BCUT2D eigenvalue weighted by Gasteiger charge is -1.99. The van der Waals surface area contributed by atoms with Gasteiger partial charge < -0.3 is 4.98 Å². The van der Waals surface area contributed by atoms with E-state index in [1.54, 1.807) is 6.33 Å². The second-order valence-electron chi connectivity index (χ2n) is 3.72. The van der Waals surface area contributed by atoms with Gasteiger partial charge in [0.25, 0.3) is 0 Å². The first kappa shape index (κ1) is 11.1. The molecular formula is C13H9BrN4. The third-order valence-corrected chi connectivity index (χ3v) is 3.25. The number of aromatic nitrogens is 4. The van der Waals surface area contributed by atoms with E-state index >= 15 is 0 Å². The first-order chi connectivity index (χ1) is 8.84. The summed E-state index contributed by atoms with van der Waals surface area (Å²) in [6.07, 6.45) is 5.09. The van der Waals surface area contributed by atoms with Gasteiger partial charge in [0.15, 0.2) is 5.65 Å². The Morgan fingerprint density at radius 3 is 2.78 bits per heavy atom. The molecule has 0 saturated carbocycles. The van der Waals surface area contributed by atoms with Crippen LogP contribution in [0.1, 0.15) is 11.3 Å². The van der Waals surface area contributed by atoms with Crippen molar-refractivity contribution in [1.82, 2.24) is 19.9 Å². The van der Waals surface area contributed by atoms with Crippen LogP contribution in [0.25, 0.3) is 21.7 Å². The second-order valence-corrected chi connectivity index (χ2v) is 4.57. The van der Waals surface area contributed by atoms with Gasteiger partial charge in [0.2, 0.25) is 0 Å². The molecule has 0 aliphatic heterocycles. The average molecular weight is 301 g/mol. The van der Waals surface area contributed by atoms with Crippen LogP contribution in [0.3, 0.4) is 0 Å². The number of imidazole rings is 1. The van der Waals surface area contributed by atoms with E-state index in [9.17, 15) is 0 Å². The Hall–Kier alpha value is -2.01. The molecule has 2 aromatic heterocycles. The minimum atomic E-state index is 0.671. The molecule has 0 amide bonds. The largest absolute Gasteiger partial charge is 0.341 e. The third kappa shape index (κ3) is 2.04. The fourth-order valence-electron chi connectivity index (χ4n) is 1.69. The summed E-state index contributed by atoms with van der Waals surface area (Å²) in [6, 6.07) is 10.0. The van der Waals surface area contributed by atoms with Crippen LogP contribution in [-0.4, -0.2) is 19.9 Å². The highest BCUT2D eigenvalue weighted by Gasteiger charge is 2.04. The fraction of sp³-hybridized carbons (Fsp3) is 0. The molecule has 4 nitrogen and oxygen atoms in total. The van der Waals surface area contributed by atoms with E-state index in [0.29, 0.717) is 5.65 Å². The van der Waals surface area contributed by atoms with Crippen LogP contribution in [0, 0.1) is 0 Å². The summed E-state index contributed by atoms with van der Waals surface area (Å²) in [5.74, 6) is 0. The monoisotopic (exact) mass is 300 g/mol. The van der Waals surface area contributed by atoms with Gasteiger partial charge in [-0.25, -0.2) is 15.0 Å². The van der Waals surface area contributed by atoms with Gasteiger partial charge in [-0.3, -0.25) is 0 Å². The van der Waals surface area contributed by atoms with Crippen molar-refractivity contribution in [2.24, 2.45) is 0 Å². The van der Waals surface area contributed by atoms with Crippen molar-refractivity contribution in [3.05, 3.63) is 54.2 Å². The molecule has 0 radical (unpaired) electrons. The van der Waals surface area contributed by atoms with Crippen LogP contribution in [0.4, 0.5) is 0 Å². The van der Waals surface area contributed by atoms with E-state index in [2.05, 4.69) is 35.9 Å². The highest BCUT2D eigenvalue weighted by Crippen LogP contribution is 2.24. The molecule has 3 rings (SSSR count). The van der Waals surface area contributed by atoms with Gasteiger partial charge >= 0.3 is 0 Å². The number of halogens is 1. The van der Waals surface area contributed by atoms with Crippen molar-refractivity contribution in [3.63, 3.8) is 0 Å². The number of fused-ring (bicyclic) bond motifs is 1. The van der Waals surface area contributed by atoms with Crippen molar-refractivity contribution >= 4 is 37.7 Å². The molecule has 0 fully saturated rings. The average Bonchev–Trinajstić information content (AvgIpc) is 2.89. The van der Waals surface area contributed by atoms with Crippen molar-refractivity contribution in [2.75, 3.05) is 0 Å². The smallest absolute Gasteiger partial charge is 0.181 e. The number of aromatic amines is 1. The zero-order chi connectivity index (χ0) is 12.4. The van der Waals surface area contributed by atoms with Gasteiger partial charge in [0.05, 0.1) is 12.0 Å². The van der Waals surface area contributed by atoms with Crippen LogP contribution in [0.5, 0.6) is 0 Å². The third-order valence-electron chi connectivity index (χ3n) is 2.57. The molecule has 1 N–H and O–H groups in total. The van der Waals surface area contributed by atoms with Crippen LogP contribution < -0.4 is 0 Å². The summed E-state index contributed by atoms with van der Waals surface area (Å²) in [5.41, 5.74) is 3.42. The molecule has 0 saturated heterocycles. The van der Waals surface area contributed by atoms with E-state index < -0.39 is 0 Å². The van der Waals surface area contributed by atoms with Gasteiger partial charge in [-0.15, -0.1) is 0 Å². The summed E-state index contributed by atoms with van der Waals surface area (Å²) >= 11 is 3.56. The van der Waals surface area contributed by atoms with E-state index in [0.717, 1.165) is 21.3 Å². The lowest BCUT2D eigenvalue weighted by atomic mass is 10.2. The standard InChI is InChI=1S/C13H9BrN4/c14-10(9-4-2-1-3-5-9)6-11-12-13(17-7-15-11)18-8-16-12/h1-8H,(H,15,16,17,18). The Bertz CT molecular complexity index is 703. The minimum absolute atomic E-state index is 0.671. The van der Waals surface area contributed by atoms with Crippen molar-refractivity contribution in [1.29, 1.82) is 0 Å². The molecule has 0 atom stereocenters. The van der Waals surface area contributed by atoms with Crippen molar-refractivity contribution < 1.29 is 0 Å². The Morgan fingerprint density at radius 1 is 1.11 bits per heavy atom. The van der Waals surface area contributed by atoms with Crippen LogP contribution >= 0.6 is 15.9 Å². The van der Waals surface area contributed by atoms with Crippen LogP contribution in [0.15, 0.2) is 43.0 Å². The van der Waals surface area contributed by atoms with Crippen molar-refractivity contribution in [3.8, 4) is 0 Å². The molecule has 88 valence electrons. The molecule has 2 heterocycles. The predicted octanol–water partition coefficient (Wildman–Crippen LogP) is 3.25. The number of nitrogens with one attached hydrogen (secondary N) is 1. The lowest BCUT2D eigenvalue weighted by Crippen LogP contribution is -1.87. The quantitative estimate of drug-likeness (QED) is 0.790. The number of hydrogen-bond acceptors (Lipinski definition) is 3. The second kappa shape index (κ2) is 4.70. The Balaban J connectivity index is 2.08. The molecule has 0 bridgehead atoms. The topological polar surface area (TPSA) is 54.5 Å². The van der Waals surface area contributed by atoms with Crippen LogP contribution in [-0.2, 0) is 0 Å². The fourth-order valence-corrected chi connectivity index (χ4v) is 2.18. The highest BCUT2D eigenvalue weighted by atomic mass is 79.9. The molecule has 0 aliphatic carbocycles. The molecular weight excluding hydrogens is 292 g/mol. The molecule has 0 aliphatic rings. The van der Waals surface area contributed by atoms with E-state index in [1.165, 1.54) is 6.33 Å². The molecule has 1 aromatic carbocycles. The number of nitrogens with zero attached hydrogens (tertiary/aromatic N) is 3. The van der Waals surface area contributed by atoms with Crippen LogP contribution in [0.2, 0.25) is 0 Å².